The second kappa shape index (κ2) is 9.56. The third-order valence-electron chi connectivity index (χ3n) is 3.71. The lowest BCUT2D eigenvalue weighted by Gasteiger charge is -2.16. The summed E-state index contributed by atoms with van der Waals surface area (Å²) < 4.78 is 1.87. The van der Waals surface area contributed by atoms with Crippen LogP contribution in [0.15, 0.2) is 35.8 Å². The van der Waals surface area contributed by atoms with Crippen molar-refractivity contribution in [2.75, 3.05) is 13.1 Å². The molecule has 1 aromatic carbocycles. The SMILES string of the molecule is C=CCNC(=NCc1nnc(C)n1C)NCC(O)c1cc(Cl)cc(Cl)c1. The second-order valence-electron chi connectivity index (χ2n) is 5.66. The van der Waals surface area contributed by atoms with E-state index in [4.69, 9.17) is 23.2 Å². The van der Waals surface area contributed by atoms with Crippen molar-refractivity contribution in [3.05, 3.63) is 58.1 Å². The molecule has 0 saturated heterocycles. The van der Waals surface area contributed by atoms with Gasteiger partial charge in [-0.1, -0.05) is 29.3 Å². The van der Waals surface area contributed by atoms with Crippen LogP contribution in [0.25, 0.3) is 0 Å². The van der Waals surface area contributed by atoms with Crippen molar-refractivity contribution in [3.8, 4) is 0 Å². The van der Waals surface area contributed by atoms with Crippen molar-refractivity contribution in [1.82, 2.24) is 25.4 Å². The topological polar surface area (TPSA) is 87.4 Å². The Bertz CT molecular complexity index is 769. The van der Waals surface area contributed by atoms with Crippen LogP contribution in [0, 0.1) is 6.92 Å². The summed E-state index contributed by atoms with van der Waals surface area (Å²) in [6.45, 7) is 6.67. The highest BCUT2D eigenvalue weighted by atomic mass is 35.5. The number of nitrogens with one attached hydrogen (secondary N) is 2. The summed E-state index contributed by atoms with van der Waals surface area (Å²) in [7, 11) is 1.89. The zero-order chi connectivity index (χ0) is 19.1. The summed E-state index contributed by atoms with van der Waals surface area (Å²) in [6, 6.07) is 4.97. The summed E-state index contributed by atoms with van der Waals surface area (Å²) in [4.78, 5) is 4.47. The van der Waals surface area contributed by atoms with Crippen LogP contribution < -0.4 is 10.6 Å². The third-order valence-corrected chi connectivity index (χ3v) is 4.14. The van der Waals surface area contributed by atoms with E-state index in [1.807, 2.05) is 18.5 Å². The monoisotopic (exact) mass is 396 g/mol. The zero-order valence-corrected chi connectivity index (χ0v) is 16.2. The standard InChI is InChI=1S/C17H22Cl2N6O/c1-4-5-20-17(22-10-16-24-23-11(2)25(16)3)21-9-15(26)12-6-13(18)8-14(19)7-12/h4,6-8,15,26H,1,5,9-10H2,2-3H3,(H2,20,21,22). The highest BCUT2D eigenvalue weighted by Gasteiger charge is 2.11. The Morgan fingerprint density at radius 1 is 1.31 bits per heavy atom. The van der Waals surface area contributed by atoms with E-state index in [9.17, 15) is 5.11 Å². The minimum absolute atomic E-state index is 0.234. The van der Waals surface area contributed by atoms with Crippen molar-refractivity contribution < 1.29 is 5.11 Å². The lowest BCUT2D eigenvalue weighted by molar-refractivity contribution is 0.181. The lowest BCUT2D eigenvalue weighted by atomic mass is 10.1. The van der Waals surface area contributed by atoms with Gasteiger partial charge in [0.25, 0.3) is 0 Å². The van der Waals surface area contributed by atoms with E-state index >= 15 is 0 Å². The van der Waals surface area contributed by atoms with E-state index in [0.717, 1.165) is 11.6 Å². The molecule has 26 heavy (non-hydrogen) atoms. The van der Waals surface area contributed by atoms with Gasteiger partial charge in [-0.2, -0.15) is 0 Å². The number of hydrogen-bond acceptors (Lipinski definition) is 4. The van der Waals surface area contributed by atoms with Gasteiger partial charge in [0.05, 0.1) is 6.10 Å². The average molecular weight is 397 g/mol. The molecule has 0 spiro atoms. The van der Waals surface area contributed by atoms with Gasteiger partial charge in [-0.3, -0.25) is 0 Å². The summed E-state index contributed by atoms with van der Waals surface area (Å²) in [5.41, 5.74) is 0.627. The van der Waals surface area contributed by atoms with Gasteiger partial charge in [0.1, 0.15) is 12.4 Å². The second-order valence-corrected chi connectivity index (χ2v) is 6.53. The van der Waals surface area contributed by atoms with E-state index in [1.54, 1.807) is 24.3 Å². The Morgan fingerprint density at radius 2 is 2.00 bits per heavy atom. The maximum atomic E-state index is 10.4. The number of nitrogens with zero attached hydrogens (tertiary/aromatic N) is 4. The smallest absolute Gasteiger partial charge is 0.192 e. The minimum Gasteiger partial charge on any atom is -0.387 e. The number of rotatable bonds is 7. The molecule has 0 saturated carbocycles. The maximum Gasteiger partial charge on any atom is 0.192 e. The minimum atomic E-state index is -0.793. The first-order valence-electron chi connectivity index (χ1n) is 8.02. The van der Waals surface area contributed by atoms with Gasteiger partial charge in [-0.15, -0.1) is 16.8 Å². The number of aliphatic imine (C=N–C) groups is 1. The van der Waals surface area contributed by atoms with Crippen LogP contribution >= 0.6 is 23.2 Å². The van der Waals surface area contributed by atoms with Gasteiger partial charge in [0.15, 0.2) is 11.8 Å². The molecule has 3 N–H and O–H groups in total. The van der Waals surface area contributed by atoms with Gasteiger partial charge < -0.3 is 20.3 Å². The molecule has 140 valence electrons. The number of hydrogen-bond donors (Lipinski definition) is 3. The number of halogens is 2. The molecule has 1 unspecified atom stereocenters. The molecule has 0 amide bonds. The fraction of sp³-hybridized carbons (Fsp3) is 0.353. The molecule has 0 bridgehead atoms. The van der Waals surface area contributed by atoms with E-state index < -0.39 is 6.10 Å². The molecular formula is C17H22Cl2N6O. The van der Waals surface area contributed by atoms with Gasteiger partial charge in [0.2, 0.25) is 0 Å². The summed E-state index contributed by atoms with van der Waals surface area (Å²) in [6.07, 6.45) is 0.926. The van der Waals surface area contributed by atoms with Crippen LogP contribution in [0.5, 0.6) is 0 Å². The normalized spacial score (nSPS) is 12.7. The Labute approximate surface area is 162 Å². The molecule has 0 fully saturated rings. The predicted molar refractivity (Wildman–Crippen MR) is 105 cm³/mol. The molecule has 9 heteroatoms. The lowest BCUT2D eigenvalue weighted by Crippen LogP contribution is -2.39. The van der Waals surface area contributed by atoms with Crippen LogP contribution in [0.2, 0.25) is 10.0 Å². The predicted octanol–water partition coefficient (Wildman–Crippen LogP) is 2.39. The Hall–Kier alpha value is -2.09. The molecule has 0 aliphatic rings. The van der Waals surface area contributed by atoms with Crippen molar-refractivity contribution in [2.45, 2.75) is 19.6 Å². The summed E-state index contributed by atoms with van der Waals surface area (Å²) >= 11 is 12.0. The first-order chi connectivity index (χ1) is 12.4. The molecule has 1 heterocycles. The quantitative estimate of drug-likeness (QED) is 0.379. The number of benzene rings is 1. The fourth-order valence-corrected chi connectivity index (χ4v) is 2.70. The van der Waals surface area contributed by atoms with Gasteiger partial charge in [-0.05, 0) is 30.7 Å². The largest absolute Gasteiger partial charge is 0.387 e. The van der Waals surface area contributed by atoms with Crippen molar-refractivity contribution >= 4 is 29.2 Å². The molecule has 7 nitrogen and oxygen atoms in total. The van der Waals surface area contributed by atoms with Gasteiger partial charge >= 0.3 is 0 Å². The zero-order valence-electron chi connectivity index (χ0n) is 14.7. The van der Waals surface area contributed by atoms with E-state index in [2.05, 4.69) is 32.4 Å². The van der Waals surface area contributed by atoms with E-state index in [-0.39, 0.29) is 6.54 Å². The van der Waals surface area contributed by atoms with Crippen LogP contribution in [0.1, 0.15) is 23.3 Å². The Morgan fingerprint density at radius 3 is 2.58 bits per heavy atom. The summed E-state index contributed by atoms with van der Waals surface area (Å²) in [5.74, 6) is 2.08. The van der Waals surface area contributed by atoms with Crippen LogP contribution in [0.3, 0.4) is 0 Å². The first kappa shape index (κ1) is 20.2. The molecule has 0 aliphatic carbocycles. The number of aliphatic hydroxyl groups is 1. The van der Waals surface area contributed by atoms with Gasteiger partial charge in [0, 0.05) is 30.2 Å². The number of aliphatic hydroxyl groups excluding tert-OH is 1. The van der Waals surface area contributed by atoms with Crippen LogP contribution in [0.4, 0.5) is 0 Å². The molecule has 2 rings (SSSR count). The van der Waals surface area contributed by atoms with Crippen LogP contribution in [-0.4, -0.2) is 38.9 Å². The molecule has 0 radical (unpaired) electrons. The van der Waals surface area contributed by atoms with E-state index in [1.165, 1.54) is 0 Å². The number of aryl methyl sites for hydroxylation is 1. The average Bonchev–Trinajstić information content (AvgIpc) is 2.92. The first-order valence-corrected chi connectivity index (χ1v) is 8.78. The number of guanidine groups is 1. The number of aromatic nitrogens is 3. The van der Waals surface area contributed by atoms with E-state index in [0.29, 0.717) is 34.7 Å². The molecule has 2 aromatic rings. The maximum absolute atomic E-state index is 10.4. The molecule has 0 aliphatic heterocycles. The third kappa shape index (κ3) is 5.72. The molecule has 1 aromatic heterocycles. The van der Waals surface area contributed by atoms with Gasteiger partial charge in [-0.25, -0.2) is 4.99 Å². The molecule has 1 atom stereocenters. The molecular weight excluding hydrogens is 375 g/mol. The van der Waals surface area contributed by atoms with Crippen molar-refractivity contribution in [3.63, 3.8) is 0 Å². The Kier molecular flexibility index (Phi) is 7.44. The van der Waals surface area contributed by atoms with Crippen molar-refractivity contribution in [1.29, 1.82) is 0 Å². The summed E-state index contributed by atoms with van der Waals surface area (Å²) in [5, 5.41) is 25.6. The highest BCUT2D eigenvalue weighted by molar-refractivity contribution is 6.34. The Balaban J connectivity index is 2.03. The van der Waals surface area contributed by atoms with Crippen molar-refractivity contribution in [2.24, 2.45) is 12.0 Å². The highest BCUT2D eigenvalue weighted by Crippen LogP contribution is 2.23. The van der Waals surface area contributed by atoms with Crippen LogP contribution in [-0.2, 0) is 13.6 Å². The fourth-order valence-electron chi connectivity index (χ4n) is 2.16.